The summed E-state index contributed by atoms with van der Waals surface area (Å²) >= 11 is 0. The minimum absolute atomic E-state index is 0.0179. The summed E-state index contributed by atoms with van der Waals surface area (Å²) in [6.07, 6.45) is 6.55. The predicted molar refractivity (Wildman–Crippen MR) is 142 cm³/mol. The number of anilines is 2. The number of carbonyl (C=O) groups is 1. The molecule has 2 aliphatic heterocycles. The summed E-state index contributed by atoms with van der Waals surface area (Å²) in [6.45, 7) is 9.44. The highest BCUT2D eigenvalue weighted by Crippen LogP contribution is 2.33. The molecule has 0 bridgehead atoms. The summed E-state index contributed by atoms with van der Waals surface area (Å²) in [7, 11) is 0. The van der Waals surface area contributed by atoms with Crippen LogP contribution in [0.2, 0.25) is 0 Å². The van der Waals surface area contributed by atoms with E-state index in [-0.39, 0.29) is 18.1 Å². The van der Waals surface area contributed by atoms with Gasteiger partial charge in [0.15, 0.2) is 11.6 Å². The molecule has 4 N–H and O–H groups in total. The van der Waals surface area contributed by atoms with Gasteiger partial charge < -0.3 is 15.5 Å². The van der Waals surface area contributed by atoms with Crippen molar-refractivity contribution in [3.63, 3.8) is 0 Å². The number of hydrogen-bond donors (Lipinski definition) is 4. The number of amides is 1. The number of piperidine rings is 1. The van der Waals surface area contributed by atoms with Crippen LogP contribution in [-0.4, -0.2) is 55.9 Å². The van der Waals surface area contributed by atoms with Gasteiger partial charge in [0.25, 0.3) is 0 Å². The molecule has 1 amide bonds. The molecule has 202 valence electrons. The molecule has 38 heavy (non-hydrogen) atoms. The third kappa shape index (κ3) is 5.76. The van der Waals surface area contributed by atoms with E-state index in [2.05, 4.69) is 48.4 Å². The Morgan fingerprint density at radius 2 is 2.00 bits per heavy atom. The number of nitrogens with one attached hydrogen (secondary N) is 4. The molecule has 11 nitrogen and oxygen atoms in total. The molecule has 12 heteroatoms. The van der Waals surface area contributed by atoms with Crippen LogP contribution in [0, 0.1) is 18.2 Å². The fraction of sp³-hybridized carbons (Fsp3) is 0.500. The van der Waals surface area contributed by atoms with Crippen molar-refractivity contribution in [3.05, 3.63) is 53.9 Å². The van der Waals surface area contributed by atoms with Crippen molar-refractivity contribution in [2.24, 2.45) is 5.41 Å². The van der Waals surface area contributed by atoms with E-state index in [1.165, 1.54) is 10.9 Å². The maximum Gasteiger partial charge on any atom is 0.227 e. The normalized spacial score (nSPS) is 21.8. The van der Waals surface area contributed by atoms with E-state index in [0.29, 0.717) is 43.7 Å². The highest BCUT2D eigenvalue weighted by molar-refractivity contribution is 5.83. The van der Waals surface area contributed by atoms with E-state index in [1.807, 2.05) is 32.9 Å². The standard InChI is InChI=1S/C26H35FN10O/c1-16-11-21(32-22-12-17(2)34-35-22)33-25(30-16)36-9-7-26(4,8-10-36)24(38)31-18(3)19-5-6-23(28-13-19)37-15-20(27)14-29-37/h5-6,11,13-15,17-18,22,34-35H,7-10,12H2,1-4H3,(H,31,38)(H,30,32,33)/t17?,18-,22?/m0/s1. The molecule has 0 aliphatic carbocycles. The van der Waals surface area contributed by atoms with Gasteiger partial charge in [-0.3, -0.25) is 10.2 Å². The van der Waals surface area contributed by atoms with E-state index in [4.69, 9.17) is 4.98 Å². The lowest BCUT2D eigenvalue weighted by molar-refractivity contribution is -0.132. The Balaban J connectivity index is 1.17. The lowest BCUT2D eigenvalue weighted by Crippen LogP contribution is -2.48. The molecule has 0 radical (unpaired) electrons. The fourth-order valence-corrected chi connectivity index (χ4v) is 4.85. The van der Waals surface area contributed by atoms with Crippen LogP contribution >= 0.6 is 0 Å². The molecular formula is C26H35FN10O. The van der Waals surface area contributed by atoms with Gasteiger partial charge in [-0.25, -0.2) is 24.5 Å². The van der Waals surface area contributed by atoms with E-state index in [0.717, 1.165) is 29.7 Å². The van der Waals surface area contributed by atoms with Crippen molar-refractivity contribution in [2.45, 2.75) is 65.2 Å². The van der Waals surface area contributed by atoms with Crippen LogP contribution in [-0.2, 0) is 4.79 Å². The summed E-state index contributed by atoms with van der Waals surface area (Å²) in [5.41, 5.74) is 7.71. The summed E-state index contributed by atoms with van der Waals surface area (Å²) in [5, 5.41) is 10.5. The SMILES string of the molecule is Cc1cc(NC2CC(C)NN2)nc(N2CCC(C)(C(=O)N[C@@H](C)c3ccc(-n4cc(F)cn4)nc3)CC2)n1. The van der Waals surface area contributed by atoms with E-state index >= 15 is 0 Å². The minimum atomic E-state index is -0.495. The third-order valence-corrected chi connectivity index (χ3v) is 7.36. The van der Waals surface area contributed by atoms with Crippen molar-refractivity contribution in [1.82, 2.24) is 40.9 Å². The Morgan fingerprint density at radius 1 is 1.21 bits per heavy atom. The number of carbonyl (C=O) groups excluding carboxylic acids is 1. The van der Waals surface area contributed by atoms with E-state index < -0.39 is 11.2 Å². The first-order chi connectivity index (χ1) is 18.2. The quantitative estimate of drug-likeness (QED) is 0.371. The molecule has 2 fully saturated rings. The summed E-state index contributed by atoms with van der Waals surface area (Å²) in [5.74, 6) is 1.58. The molecule has 3 atom stereocenters. The largest absolute Gasteiger partial charge is 0.353 e. The van der Waals surface area contributed by atoms with Gasteiger partial charge in [-0.1, -0.05) is 13.0 Å². The fourth-order valence-electron chi connectivity index (χ4n) is 4.85. The average molecular weight is 523 g/mol. The van der Waals surface area contributed by atoms with Crippen LogP contribution in [0.5, 0.6) is 0 Å². The molecule has 0 aromatic carbocycles. The van der Waals surface area contributed by atoms with Crippen molar-refractivity contribution in [3.8, 4) is 5.82 Å². The molecule has 3 aromatic heterocycles. The molecule has 2 unspecified atom stereocenters. The number of rotatable bonds is 7. The van der Waals surface area contributed by atoms with Gasteiger partial charge in [-0.05, 0) is 51.7 Å². The Labute approximate surface area is 221 Å². The highest BCUT2D eigenvalue weighted by Gasteiger charge is 2.38. The lowest BCUT2D eigenvalue weighted by Gasteiger charge is -2.39. The number of hydrazine groups is 1. The van der Waals surface area contributed by atoms with Gasteiger partial charge in [0.05, 0.1) is 24.6 Å². The topological polar surface area (TPSA) is 125 Å². The van der Waals surface area contributed by atoms with E-state index in [9.17, 15) is 9.18 Å². The van der Waals surface area contributed by atoms with Crippen LogP contribution < -0.4 is 26.4 Å². The molecular weight excluding hydrogens is 487 g/mol. The number of pyridine rings is 1. The summed E-state index contributed by atoms with van der Waals surface area (Å²) in [6, 6.07) is 5.76. The molecule has 3 aromatic rings. The van der Waals surface area contributed by atoms with Gasteiger partial charge in [0.2, 0.25) is 11.9 Å². The summed E-state index contributed by atoms with van der Waals surface area (Å²) < 4.78 is 14.6. The summed E-state index contributed by atoms with van der Waals surface area (Å²) in [4.78, 5) is 29.2. The Hall–Kier alpha value is -3.64. The maximum atomic E-state index is 13.3. The van der Waals surface area contributed by atoms with Crippen LogP contribution in [0.25, 0.3) is 5.82 Å². The molecule has 0 spiro atoms. The zero-order valence-electron chi connectivity index (χ0n) is 22.2. The van der Waals surface area contributed by atoms with Crippen molar-refractivity contribution < 1.29 is 9.18 Å². The lowest BCUT2D eigenvalue weighted by atomic mass is 9.79. The first-order valence-corrected chi connectivity index (χ1v) is 13.0. The zero-order valence-corrected chi connectivity index (χ0v) is 22.2. The van der Waals surface area contributed by atoms with Crippen molar-refractivity contribution in [2.75, 3.05) is 23.3 Å². The van der Waals surface area contributed by atoms with Gasteiger partial charge in [-0.15, -0.1) is 0 Å². The second-order valence-corrected chi connectivity index (χ2v) is 10.6. The Kier molecular flexibility index (Phi) is 7.26. The van der Waals surface area contributed by atoms with Crippen LogP contribution in [0.15, 0.2) is 36.8 Å². The monoisotopic (exact) mass is 522 g/mol. The molecule has 5 heterocycles. The number of aryl methyl sites for hydroxylation is 1. The van der Waals surface area contributed by atoms with Gasteiger partial charge in [0, 0.05) is 42.5 Å². The minimum Gasteiger partial charge on any atom is -0.353 e. The highest BCUT2D eigenvalue weighted by atomic mass is 19.1. The second-order valence-electron chi connectivity index (χ2n) is 10.6. The van der Waals surface area contributed by atoms with Crippen LogP contribution in [0.3, 0.4) is 0 Å². The molecule has 0 saturated carbocycles. The number of halogens is 1. The van der Waals surface area contributed by atoms with Crippen molar-refractivity contribution >= 4 is 17.7 Å². The van der Waals surface area contributed by atoms with Crippen LogP contribution in [0.1, 0.15) is 57.3 Å². The van der Waals surface area contributed by atoms with Gasteiger partial charge in [-0.2, -0.15) is 10.1 Å². The first kappa shape index (κ1) is 26.0. The zero-order chi connectivity index (χ0) is 26.9. The number of aromatic nitrogens is 5. The molecule has 2 saturated heterocycles. The smallest absolute Gasteiger partial charge is 0.227 e. The Bertz CT molecular complexity index is 1270. The average Bonchev–Trinajstić information content (AvgIpc) is 3.51. The maximum absolute atomic E-state index is 13.3. The van der Waals surface area contributed by atoms with Crippen molar-refractivity contribution in [1.29, 1.82) is 0 Å². The van der Waals surface area contributed by atoms with E-state index in [1.54, 1.807) is 12.3 Å². The molecule has 2 aliphatic rings. The molecule has 5 rings (SSSR count). The number of hydrogen-bond acceptors (Lipinski definition) is 9. The van der Waals surface area contributed by atoms with Crippen LogP contribution in [0.4, 0.5) is 16.2 Å². The third-order valence-electron chi connectivity index (χ3n) is 7.36. The van der Waals surface area contributed by atoms with Gasteiger partial charge >= 0.3 is 0 Å². The number of nitrogens with zero attached hydrogens (tertiary/aromatic N) is 6. The van der Waals surface area contributed by atoms with Gasteiger partial charge in [0.1, 0.15) is 5.82 Å². The predicted octanol–water partition coefficient (Wildman–Crippen LogP) is 2.61. The Morgan fingerprint density at radius 3 is 2.63 bits per heavy atom. The first-order valence-electron chi connectivity index (χ1n) is 13.0. The second kappa shape index (κ2) is 10.6.